The van der Waals surface area contributed by atoms with Crippen LogP contribution in [0.3, 0.4) is 0 Å². The van der Waals surface area contributed by atoms with Crippen LogP contribution in [0.1, 0.15) is 16.1 Å². The number of hydrogen-bond acceptors (Lipinski definition) is 2. The van der Waals surface area contributed by atoms with Crippen molar-refractivity contribution in [3.05, 3.63) is 84.2 Å². The van der Waals surface area contributed by atoms with E-state index in [9.17, 15) is 4.79 Å². The number of carbonyl (C=O) groups excluding carboxylic acids is 1. The highest BCUT2D eigenvalue weighted by molar-refractivity contribution is 5.94. The van der Waals surface area contributed by atoms with Gasteiger partial charge in [-0.25, -0.2) is 0 Å². The molecule has 0 radical (unpaired) electrons. The van der Waals surface area contributed by atoms with Crippen molar-refractivity contribution in [2.24, 2.45) is 0 Å². The fourth-order valence-electron chi connectivity index (χ4n) is 2.08. The van der Waals surface area contributed by atoms with Crippen molar-refractivity contribution < 1.29 is 9.53 Å². The van der Waals surface area contributed by atoms with E-state index in [-0.39, 0.29) is 5.91 Å². The lowest BCUT2D eigenvalue weighted by Crippen LogP contribution is -2.22. The number of aromatic nitrogens is 1. The Morgan fingerprint density at radius 3 is 2.55 bits per heavy atom. The van der Waals surface area contributed by atoms with Gasteiger partial charge in [0.15, 0.2) is 0 Å². The maximum Gasteiger partial charge on any atom is 0.251 e. The van der Waals surface area contributed by atoms with Crippen LogP contribution in [-0.4, -0.2) is 10.9 Å². The molecule has 0 aliphatic carbocycles. The van der Waals surface area contributed by atoms with Crippen LogP contribution in [0.2, 0.25) is 0 Å². The Labute approximate surface area is 128 Å². The van der Waals surface area contributed by atoms with Gasteiger partial charge >= 0.3 is 0 Å². The van der Waals surface area contributed by atoms with Crippen molar-refractivity contribution in [2.45, 2.75) is 6.54 Å². The summed E-state index contributed by atoms with van der Waals surface area (Å²) in [4.78, 5) is 15.2. The minimum atomic E-state index is -0.131. The molecule has 0 spiro atoms. The van der Waals surface area contributed by atoms with Crippen molar-refractivity contribution in [1.29, 1.82) is 0 Å². The van der Waals surface area contributed by atoms with Crippen LogP contribution in [0, 0.1) is 0 Å². The molecule has 110 valence electrons. The van der Waals surface area contributed by atoms with Crippen molar-refractivity contribution in [1.82, 2.24) is 10.3 Å². The van der Waals surface area contributed by atoms with Gasteiger partial charge in [-0.3, -0.25) is 4.79 Å². The standard InChI is InChI=1S/C18H16N2O2/c21-18(20-13-15-7-5-11-19-15)14-6-4-10-17(12-14)22-16-8-2-1-3-9-16/h1-12,19H,13H2,(H,20,21). The lowest BCUT2D eigenvalue weighted by Gasteiger charge is -2.08. The molecule has 0 bridgehead atoms. The average molecular weight is 292 g/mol. The minimum Gasteiger partial charge on any atom is -0.457 e. The van der Waals surface area contributed by atoms with E-state index in [1.54, 1.807) is 12.1 Å². The Balaban J connectivity index is 1.66. The molecule has 1 aromatic heterocycles. The first-order valence-corrected chi connectivity index (χ1v) is 7.05. The number of amides is 1. The fraction of sp³-hybridized carbons (Fsp3) is 0.0556. The first-order chi connectivity index (χ1) is 10.8. The summed E-state index contributed by atoms with van der Waals surface area (Å²) < 4.78 is 5.73. The number of rotatable bonds is 5. The summed E-state index contributed by atoms with van der Waals surface area (Å²) >= 11 is 0. The van der Waals surface area contributed by atoms with E-state index in [0.717, 1.165) is 11.4 Å². The summed E-state index contributed by atoms with van der Waals surface area (Å²) in [5, 5.41) is 2.87. The predicted molar refractivity (Wildman–Crippen MR) is 84.9 cm³/mol. The highest BCUT2D eigenvalue weighted by Crippen LogP contribution is 2.21. The molecule has 1 heterocycles. The van der Waals surface area contributed by atoms with Crippen molar-refractivity contribution in [3.63, 3.8) is 0 Å². The molecule has 3 aromatic rings. The number of H-pyrrole nitrogens is 1. The highest BCUT2D eigenvalue weighted by Gasteiger charge is 2.07. The number of aromatic amines is 1. The Hall–Kier alpha value is -3.01. The maximum absolute atomic E-state index is 12.2. The van der Waals surface area contributed by atoms with Crippen LogP contribution in [0.25, 0.3) is 0 Å². The third kappa shape index (κ3) is 3.55. The van der Waals surface area contributed by atoms with E-state index in [1.807, 2.05) is 60.8 Å². The molecule has 2 aromatic carbocycles. The Bertz CT molecular complexity index is 737. The second-order valence-electron chi connectivity index (χ2n) is 4.82. The van der Waals surface area contributed by atoms with E-state index >= 15 is 0 Å². The van der Waals surface area contributed by atoms with Gasteiger partial charge in [0.2, 0.25) is 0 Å². The topological polar surface area (TPSA) is 54.1 Å². The van der Waals surface area contributed by atoms with Gasteiger partial charge < -0.3 is 15.0 Å². The molecule has 3 rings (SSSR count). The number of carbonyl (C=O) groups is 1. The van der Waals surface area contributed by atoms with Gasteiger partial charge in [-0.2, -0.15) is 0 Å². The molecule has 0 unspecified atom stereocenters. The number of benzene rings is 2. The summed E-state index contributed by atoms with van der Waals surface area (Å²) in [7, 11) is 0. The van der Waals surface area contributed by atoms with Crippen LogP contribution in [0.15, 0.2) is 72.9 Å². The molecule has 1 amide bonds. The van der Waals surface area contributed by atoms with Crippen LogP contribution < -0.4 is 10.1 Å². The van der Waals surface area contributed by atoms with E-state index in [4.69, 9.17) is 4.74 Å². The summed E-state index contributed by atoms with van der Waals surface area (Å²) in [5.74, 6) is 1.25. The van der Waals surface area contributed by atoms with Gasteiger partial charge in [-0.1, -0.05) is 24.3 Å². The third-order valence-corrected chi connectivity index (χ3v) is 3.18. The number of ether oxygens (including phenoxy) is 1. The smallest absolute Gasteiger partial charge is 0.251 e. The molecule has 0 aliphatic rings. The number of para-hydroxylation sites is 1. The van der Waals surface area contributed by atoms with Gasteiger partial charge in [0.25, 0.3) is 5.91 Å². The third-order valence-electron chi connectivity index (χ3n) is 3.18. The Morgan fingerprint density at radius 1 is 0.955 bits per heavy atom. The SMILES string of the molecule is O=C(NCc1ccc[nH]1)c1cccc(Oc2ccccc2)c1. The van der Waals surface area contributed by atoms with Gasteiger partial charge in [-0.05, 0) is 42.5 Å². The fourth-order valence-corrected chi connectivity index (χ4v) is 2.08. The van der Waals surface area contributed by atoms with Gasteiger partial charge in [0.05, 0.1) is 6.54 Å². The van der Waals surface area contributed by atoms with E-state index in [0.29, 0.717) is 17.9 Å². The highest BCUT2D eigenvalue weighted by atomic mass is 16.5. The average Bonchev–Trinajstić information content (AvgIpc) is 3.07. The lowest BCUT2D eigenvalue weighted by atomic mass is 10.2. The second kappa shape index (κ2) is 6.63. The van der Waals surface area contributed by atoms with Gasteiger partial charge in [-0.15, -0.1) is 0 Å². The molecular formula is C18H16N2O2. The van der Waals surface area contributed by atoms with E-state index in [2.05, 4.69) is 10.3 Å². The molecule has 2 N–H and O–H groups in total. The number of hydrogen-bond donors (Lipinski definition) is 2. The predicted octanol–water partition coefficient (Wildman–Crippen LogP) is 3.74. The molecule has 0 saturated carbocycles. The first-order valence-electron chi connectivity index (χ1n) is 7.05. The summed E-state index contributed by atoms with van der Waals surface area (Å²) in [6.07, 6.45) is 1.83. The maximum atomic E-state index is 12.2. The Kier molecular flexibility index (Phi) is 4.20. The van der Waals surface area contributed by atoms with Crippen molar-refractivity contribution in [3.8, 4) is 11.5 Å². The lowest BCUT2D eigenvalue weighted by molar-refractivity contribution is 0.0950. The monoisotopic (exact) mass is 292 g/mol. The summed E-state index contributed by atoms with van der Waals surface area (Å²) in [5.41, 5.74) is 1.53. The normalized spacial score (nSPS) is 10.2. The molecular weight excluding hydrogens is 276 g/mol. The number of nitrogens with one attached hydrogen (secondary N) is 2. The molecule has 0 atom stereocenters. The van der Waals surface area contributed by atoms with Crippen LogP contribution in [-0.2, 0) is 6.54 Å². The molecule has 0 saturated heterocycles. The van der Waals surface area contributed by atoms with Crippen LogP contribution >= 0.6 is 0 Å². The minimum absolute atomic E-state index is 0.131. The molecule has 22 heavy (non-hydrogen) atoms. The second-order valence-corrected chi connectivity index (χ2v) is 4.82. The largest absolute Gasteiger partial charge is 0.457 e. The summed E-state index contributed by atoms with van der Waals surface area (Å²) in [6.45, 7) is 0.468. The van der Waals surface area contributed by atoms with Gasteiger partial charge in [0, 0.05) is 17.5 Å². The first kappa shape index (κ1) is 13.9. The molecule has 0 fully saturated rings. The van der Waals surface area contributed by atoms with E-state index in [1.165, 1.54) is 0 Å². The van der Waals surface area contributed by atoms with Crippen molar-refractivity contribution in [2.75, 3.05) is 0 Å². The summed E-state index contributed by atoms with van der Waals surface area (Å²) in [6, 6.07) is 20.4. The zero-order chi connectivity index (χ0) is 15.2. The zero-order valence-corrected chi connectivity index (χ0v) is 12.0. The van der Waals surface area contributed by atoms with Crippen molar-refractivity contribution >= 4 is 5.91 Å². The molecule has 4 heteroatoms. The van der Waals surface area contributed by atoms with E-state index < -0.39 is 0 Å². The van der Waals surface area contributed by atoms with Crippen LogP contribution in [0.4, 0.5) is 0 Å². The molecule has 0 aliphatic heterocycles. The Morgan fingerprint density at radius 2 is 1.77 bits per heavy atom. The molecule has 4 nitrogen and oxygen atoms in total. The zero-order valence-electron chi connectivity index (χ0n) is 12.0. The van der Waals surface area contributed by atoms with Crippen LogP contribution in [0.5, 0.6) is 11.5 Å². The van der Waals surface area contributed by atoms with Gasteiger partial charge in [0.1, 0.15) is 11.5 Å². The quantitative estimate of drug-likeness (QED) is 0.752.